The molecule has 0 heterocycles. The summed E-state index contributed by atoms with van der Waals surface area (Å²) in [6, 6.07) is 14.7. The zero-order valence-corrected chi connectivity index (χ0v) is 13.4. The van der Waals surface area contributed by atoms with E-state index in [1.165, 1.54) is 7.11 Å². The van der Waals surface area contributed by atoms with E-state index in [4.69, 9.17) is 10.00 Å². The minimum Gasteiger partial charge on any atom is -0.496 e. The highest BCUT2D eigenvalue weighted by Crippen LogP contribution is 2.35. The number of hydrogen-bond donors (Lipinski definition) is 0. The molecule has 114 valence electrons. The molecule has 0 amide bonds. The Balaban J connectivity index is 2.04. The zero-order valence-electron chi connectivity index (χ0n) is 11.8. The predicted octanol–water partition coefficient (Wildman–Crippen LogP) is 5.17. The van der Waals surface area contributed by atoms with Gasteiger partial charge in [0.2, 0.25) is 0 Å². The third-order valence-corrected chi connectivity index (χ3v) is 4.69. The predicted molar refractivity (Wildman–Crippen MR) is 85.6 cm³/mol. The average molecular weight is 337 g/mol. The number of ether oxygens (including phenoxy) is 1. The molecule has 0 aliphatic heterocycles. The molecule has 0 aliphatic carbocycles. The first-order chi connectivity index (χ1) is 10.6. The van der Waals surface area contributed by atoms with Crippen LogP contribution in [0.25, 0.3) is 0 Å². The highest BCUT2D eigenvalue weighted by Gasteiger charge is 2.11. The largest absolute Gasteiger partial charge is 0.496 e. The maximum Gasteiger partial charge on any atom is 0.289 e. The van der Waals surface area contributed by atoms with Crippen LogP contribution in [0, 0.1) is 11.3 Å². The summed E-state index contributed by atoms with van der Waals surface area (Å²) in [4.78, 5) is 1.48. The molecule has 0 fully saturated rings. The topological polar surface area (TPSA) is 33.0 Å². The minimum absolute atomic E-state index is 0.435. The summed E-state index contributed by atoms with van der Waals surface area (Å²) < 4.78 is 30.1. The maximum absolute atomic E-state index is 12.4. The van der Waals surface area contributed by atoms with Crippen LogP contribution in [-0.2, 0) is 5.75 Å². The molecule has 22 heavy (non-hydrogen) atoms. The number of thioether (sulfide) groups is 2. The zero-order chi connectivity index (χ0) is 15.9. The monoisotopic (exact) mass is 337 g/mol. The van der Waals surface area contributed by atoms with Crippen molar-refractivity contribution in [2.45, 2.75) is 21.3 Å². The van der Waals surface area contributed by atoms with E-state index in [0.717, 1.165) is 10.5 Å². The molecule has 6 heteroatoms. The number of methoxy groups -OCH3 is 1. The summed E-state index contributed by atoms with van der Waals surface area (Å²) in [7, 11) is 1.47. The van der Waals surface area contributed by atoms with Crippen molar-refractivity contribution in [1.29, 1.82) is 5.26 Å². The minimum atomic E-state index is -2.47. The molecular formula is C16H13F2NOS2. The Morgan fingerprint density at radius 3 is 2.50 bits per heavy atom. The fourth-order valence-corrected chi connectivity index (χ4v) is 3.23. The van der Waals surface area contributed by atoms with E-state index in [9.17, 15) is 8.78 Å². The molecule has 2 nitrogen and oxygen atoms in total. The van der Waals surface area contributed by atoms with Crippen molar-refractivity contribution in [2.24, 2.45) is 0 Å². The quantitative estimate of drug-likeness (QED) is 0.681. The van der Waals surface area contributed by atoms with Crippen LogP contribution < -0.4 is 4.74 Å². The number of benzene rings is 2. The molecule has 0 atom stereocenters. The normalized spacial score (nSPS) is 10.5. The van der Waals surface area contributed by atoms with Crippen molar-refractivity contribution >= 4 is 23.5 Å². The third kappa shape index (κ3) is 4.65. The van der Waals surface area contributed by atoms with Crippen LogP contribution in [-0.4, -0.2) is 12.9 Å². The molecule has 0 saturated carbocycles. The molecule has 2 aromatic carbocycles. The average Bonchev–Trinajstić information content (AvgIpc) is 2.54. The summed E-state index contributed by atoms with van der Waals surface area (Å²) in [6.45, 7) is 0. The van der Waals surface area contributed by atoms with Crippen molar-refractivity contribution in [3.63, 3.8) is 0 Å². The van der Waals surface area contributed by atoms with Crippen molar-refractivity contribution in [3.8, 4) is 11.8 Å². The fraction of sp³-hybridized carbons (Fsp3) is 0.188. The highest BCUT2D eigenvalue weighted by molar-refractivity contribution is 7.99. The number of hydrogen-bond acceptors (Lipinski definition) is 4. The van der Waals surface area contributed by atoms with Gasteiger partial charge in [0.1, 0.15) is 5.75 Å². The molecule has 0 radical (unpaired) electrons. The molecular weight excluding hydrogens is 324 g/mol. The van der Waals surface area contributed by atoms with Crippen LogP contribution >= 0.6 is 23.5 Å². The Labute approximate surface area is 136 Å². The van der Waals surface area contributed by atoms with E-state index in [-0.39, 0.29) is 0 Å². The molecule has 2 rings (SSSR count). The number of nitrogens with zero attached hydrogens (tertiary/aromatic N) is 1. The first-order valence-corrected chi connectivity index (χ1v) is 8.23. The van der Waals surface area contributed by atoms with Crippen LogP contribution in [0.4, 0.5) is 8.78 Å². The van der Waals surface area contributed by atoms with Crippen LogP contribution in [0.5, 0.6) is 5.75 Å². The van der Waals surface area contributed by atoms with Crippen molar-refractivity contribution in [1.82, 2.24) is 0 Å². The van der Waals surface area contributed by atoms with Gasteiger partial charge in [-0.2, -0.15) is 14.0 Å². The Bertz CT molecular complexity index is 669. The molecule has 0 saturated heterocycles. The summed E-state index contributed by atoms with van der Waals surface area (Å²) in [5.74, 6) is -1.31. The van der Waals surface area contributed by atoms with Gasteiger partial charge in [-0.25, -0.2) is 0 Å². The van der Waals surface area contributed by atoms with Gasteiger partial charge in [-0.1, -0.05) is 17.8 Å². The number of rotatable bonds is 6. The van der Waals surface area contributed by atoms with Gasteiger partial charge in [-0.05, 0) is 42.0 Å². The van der Waals surface area contributed by atoms with Crippen LogP contribution in [0.2, 0.25) is 0 Å². The molecule has 0 unspecified atom stereocenters. The van der Waals surface area contributed by atoms with Crippen LogP contribution in [0.3, 0.4) is 0 Å². The molecule has 0 aromatic heterocycles. The van der Waals surface area contributed by atoms with E-state index in [1.54, 1.807) is 36.0 Å². The summed E-state index contributed by atoms with van der Waals surface area (Å²) in [5, 5.41) is 8.76. The van der Waals surface area contributed by atoms with Crippen LogP contribution in [0.1, 0.15) is 11.1 Å². The van der Waals surface area contributed by atoms with Gasteiger partial charge < -0.3 is 4.74 Å². The summed E-state index contributed by atoms with van der Waals surface area (Å²) in [5.41, 5.74) is 1.62. The van der Waals surface area contributed by atoms with Gasteiger partial charge in [-0.15, -0.1) is 11.8 Å². The first kappa shape index (κ1) is 16.7. The lowest BCUT2D eigenvalue weighted by Gasteiger charge is -2.10. The number of alkyl halides is 2. The van der Waals surface area contributed by atoms with E-state index in [1.807, 2.05) is 18.2 Å². The second-order valence-corrected chi connectivity index (χ2v) is 6.37. The van der Waals surface area contributed by atoms with Crippen LogP contribution in [0.15, 0.2) is 52.3 Å². The molecule has 2 aromatic rings. The van der Waals surface area contributed by atoms with Crippen molar-refractivity contribution < 1.29 is 13.5 Å². The van der Waals surface area contributed by atoms with E-state index >= 15 is 0 Å². The highest BCUT2D eigenvalue weighted by atomic mass is 32.2. The Hall–Kier alpha value is -1.71. The Kier molecular flexibility index (Phi) is 6.10. The summed E-state index contributed by atoms with van der Waals surface area (Å²) in [6.07, 6.45) is 0. The van der Waals surface area contributed by atoms with Gasteiger partial charge in [0.25, 0.3) is 5.76 Å². The van der Waals surface area contributed by atoms with Gasteiger partial charge in [-0.3, -0.25) is 0 Å². The molecule has 0 bridgehead atoms. The fourth-order valence-electron chi connectivity index (χ4n) is 1.79. The van der Waals surface area contributed by atoms with Crippen molar-refractivity contribution in [2.75, 3.05) is 7.11 Å². The van der Waals surface area contributed by atoms with Crippen molar-refractivity contribution in [3.05, 3.63) is 53.6 Å². The first-order valence-electron chi connectivity index (χ1n) is 6.37. The lowest BCUT2D eigenvalue weighted by atomic mass is 10.2. The Morgan fingerprint density at radius 2 is 1.91 bits per heavy atom. The molecule has 0 spiro atoms. The smallest absolute Gasteiger partial charge is 0.289 e. The number of nitriles is 1. The molecule has 0 N–H and O–H groups in total. The number of halogens is 2. The van der Waals surface area contributed by atoms with Gasteiger partial charge in [0, 0.05) is 10.6 Å². The van der Waals surface area contributed by atoms with Gasteiger partial charge >= 0.3 is 0 Å². The lowest BCUT2D eigenvalue weighted by Crippen LogP contribution is -1.91. The maximum atomic E-state index is 12.4. The molecule has 0 aliphatic rings. The second kappa shape index (κ2) is 8.06. The SMILES string of the molecule is COc1cc(CSc2ccc(C#N)cc2)ccc1SC(F)F. The van der Waals surface area contributed by atoms with E-state index < -0.39 is 5.76 Å². The van der Waals surface area contributed by atoms with Gasteiger partial charge in [0.15, 0.2) is 0 Å². The summed E-state index contributed by atoms with van der Waals surface area (Å²) >= 11 is 2.09. The standard InChI is InChI=1S/C16H13F2NOS2/c1-20-14-8-12(4-7-15(14)22-16(17)18)10-21-13-5-2-11(9-19)3-6-13/h2-8,16H,10H2,1H3. The van der Waals surface area contributed by atoms with Gasteiger partial charge in [0.05, 0.1) is 23.6 Å². The second-order valence-electron chi connectivity index (χ2n) is 4.29. The lowest BCUT2D eigenvalue weighted by molar-refractivity contribution is 0.251. The Morgan fingerprint density at radius 1 is 1.18 bits per heavy atom. The third-order valence-electron chi connectivity index (χ3n) is 2.83. The van der Waals surface area contributed by atoms with E-state index in [2.05, 4.69) is 6.07 Å². The van der Waals surface area contributed by atoms with E-state index in [0.29, 0.717) is 33.7 Å².